The first-order valence-corrected chi connectivity index (χ1v) is 8.79. The highest BCUT2D eigenvalue weighted by Crippen LogP contribution is 2.10. The van der Waals surface area contributed by atoms with Gasteiger partial charge in [0, 0.05) is 12.4 Å². The van der Waals surface area contributed by atoms with E-state index in [0.29, 0.717) is 23.9 Å². The molecule has 0 saturated heterocycles. The smallest absolute Gasteiger partial charge is 0.235 e. The van der Waals surface area contributed by atoms with Crippen LogP contribution in [0.5, 0.6) is 0 Å². The summed E-state index contributed by atoms with van der Waals surface area (Å²) in [6.07, 6.45) is 0. The Morgan fingerprint density at radius 3 is 2.25 bits per heavy atom. The maximum atomic E-state index is 11.9. The summed E-state index contributed by atoms with van der Waals surface area (Å²) in [4.78, 5) is 11.5. The molecule has 1 aromatic rings. The Balaban J connectivity index is 2.58. The van der Waals surface area contributed by atoms with E-state index in [-0.39, 0.29) is 5.75 Å². The molecular formula is C14H20ClNO3S. The lowest BCUT2D eigenvalue weighted by molar-refractivity contribution is -0.118. The summed E-state index contributed by atoms with van der Waals surface area (Å²) in [6, 6.07) is 7.02. The quantitative estimate of drug-likeness (QED) is 0.783. The van der Waals surface area contributed by atoms with Gasteiger partial charge in [0.1, 0.15) is 5.75 Å². The summed E-state index contributed by atoms with van der Waals surface area (Å²) < 4.78 is 23.8. The molecule has 0 atom stereocenters. The van der Waals surface area contributed by atoms with Gasteiger partial charge in [0.2, 0.25) is 5.91 Å². The molecular weight excluding hydrogens is 298 g/mol. The molecule has 0 saturated carbocycles. The molecule has 4 nitrogen and oxygen atoms in total. The van der Waals surface area contributed by atoms with Gasteiger partial charge in [-0.2, -0.15) is 0 Å². The number of amides is 1. The summed E-state index contributed by atoms with van der Waals surface area (Å²) in [5.74, 6) is -0.368. The fourth-order valence-electron chi connectivity index (χ4n) is 1.60. The second-order valence-electron chi connectivity index (χ2n) is 5.18. The summed E-state index contributed by atoms with van der Waals surface area (Å²) in [5.41, 5.74) is 1.60. The van der Waals surface area contributed by atoms with Gasteiger partial charge >= 0.3 is 0 Å². The number of carbonyl (C=O) groups is 1. The minimum atomic E-state index is -3.45. The van der Waals surface area contributed by atoms with E-state index >= 15 is 0 Å². The molecule has 1 rings (SSSR count). The zero-order valence-corrected chi connectivity index (χ0v) is 13.3. The fourth-order valence-corrected chi connectivity index (χ4v) is 3.08. The fraction of sp³-hybridized carbons (Fsp3) is 0.500. The highest BCUT2D eigenvalue weighted by molar-refractivity contribution is 7.91. The summed E-state index contributed by atoms with van der Waals surface area (Å²) >= 11 is 5.67. The van der Waals surface area contributed by atoms with E-state index in [2.05, 4.69) is 5.32 Å². The standard InChI is InChI=1S/C14H20ClNO3S/c1-11(2)8-16-14(17)10-20(18,19)9-13-5-3-12(7-15)4-6-13/h3-6,11H,7-10H2,1-2H3,(H,16,17). The maximum absolute atomic E-state index is 11.9. The number of hydrogen-bond acceptors (Lipinski definition) is 3. The van der Waals surface area contributed by atoms with Crippen LogP contribution in [0.3, 0.4) is 0 Å². The van der Waals surface area contributed by atoms with Crippen molar-refractivity contribution in [3.8, 4) is 0 Å². The van der Waals surface area contributed by atoms with Crippen LogP contribution in [0.1, 0.15) is 25.0 Å². The summed E-state index contributed by atoms with van der Waals surface area (Å²) in [5, 5.41) is 2.61. The van der Waals surface area contributed by atoms with E-state index in [4.69, 9.17) is 11.6 Å². The van der Waals surface area contributed by atoms with Crippen LogP contribution in [-0.2, 0) is 26.3 Å². The lowest BCUT2D eigenvalue weighted by atomic mass is 10.2. The van der Waals surface area contributed by atoms with E-state index in [0.717, 1.165) is 5.56 Å². The number of sulfone groups is 1. The molecule has 0 fully saturated rings. The van der Waals surface area contributed by atoms with Crippen molar-refractivity contribution in [3.05, 3.63) is 35.4 Å². The average molecular weight is 318 g/mol. The monoisotopic (exact) mass is 317 g/mol. The molecule has 6 heteroatoms. The third kappa shape index (κ3) is 6.39. The number of rotatable bonds is 7. The van der Waals surface area contributed by atoms with Crippen molar-refractivity contribution in [2.45, 2.75) is 25.5 Å². The van der Waals surface area contributed by atoms with E-state index in [9.17, 15) is 13.2 Å². The molecule has 0 aromatic heterocycles. The van der Waals surface area contributed by atoms with Crippen LogP contribution in [0.4, 0.5) is 0 Å². The van der Waals surface area contributed by atoms with Crippen molar-refractivity contribution < 1.29 is 13.2 Å². The number of carbonyl (C=O) groups excluding carboxylic acids is 1. The second-order valence-corrected chi connectivity index (χ2v) is 7.51. The summed E-state index contributed by atoms with van der Waals surface area (Å²) in [7, 11) is -3.45. The maximum Gasteiger partial charge on any atom is 0.235 e. The Labute approximate surface area is 125 Å². The molecule has 1 aromatic carbocycles. The molecule has 0 aliphatic rings. The highest BCUT2D eigenvalue weighted by atomic mass is 35.5. The average Bonchev–Trinajstić information content (AvgIpc) is 2.36. The van der Waals surface area contributed by atoms with Gasteiger partial charge in [-0.25, -0.2) is 8.42 Å². The van der Waals surface area contributed by atoms with Crippen molar-refractivity contribution in [2.24, 2.45) is 5.92 Å². The second kappa shape index (κ2) is 7.64. The van der Waals surface area contributed by atoms with Crippen molar-refractivity contribution in [1.82, 2.24) is 5.32 Å². The molecule has 0 bridgehead atoms. The van der Waals surface area contributed by atoms with Gasteiger partial charge in [-0.15, -0.1) is 11.6 Å². The number of hydrogen-bond donors (Lipinski definition) is 1. The normalized spacial score (nSPS) is 11.6. The molecule has 0 unspecified atom stereocenters. The van der Waals surface area contributed by atoms with Gasteiger partial charge in [-0.1, -0.05) is 38.1 Å². The lowest BCUT2D eigenvalue weighted by Crippen LogP contribution is -2.33. The largest absolute Gasteiger partial charge is 0.355 e. The predicted molar refractivity (Wildman–Crippen MR) is 81.3 cm³/mol. The molecule has 0 aliphatic heterocycles. The number of nitrogens with one attached hydrogen (secondary N) is 1. The number of benzene rings is 1. The third-order valence-electron chi connectivity index (χ3n) is 2.62. The Morgan fingerprint density at radius 1 is 1.20 bits per heavy atom. The van der Waals surface area contributed by atoms with Gasteiger partial charge in [-0.05, 0) is 17.0 Å². The molecule has 1 N–H and O–H groups in total. The van der Waals surface area contributed by atoms with Crippen LogP contribution in [0.2, 0.25) is 0 Å². The SMILES string of the molecule is CC(C)CNC(=O)CS(=O)(=O)Cc1ccc(CCl)cc1. The zero-order valence-electron chi connectivity index (χ0n) is 11.7. The van der Waals surface area contributed by atoms with Crippen molar-refractivity contribution in [3.63, 3.8) is 0 Å². The Hall–Kier alpha value is -1.07. The van der Waals surface area contributed by atoms with E-state index < -0.39 is 21.5 Å². The van der Waals surface area contributed by atoms with Crippen molar-refractivity contribution in [1.29, 1.82) is 0 Å². The molecule has 112 valence electrons. The Morgan fingerprint density at radius 2 is 1.75 bits per heavy atom. The molecule has 0 spiro atoms. The Kier molecular flexibility index (Phi) is 6.49. The minimum absolute atomic E-state index is 0.134. The number of halogens is 1. The topological polar surface area (TPSA) is 63.2 Å². The van der Waals surface area contributed by atoms with Crippen LogP contribution in [0.15, 0.2) is 24.3 Å². The first-order chi connectivity index (χ1) is 9.32. The molecule has 20 heavy (non-hydrogen) atoms. The van der Waals surface area contributed by atoms with Gasteiger partial charge < -0.3 is 5.32 Å². The van der Waals surface area contributed by atoms with E-state index in [1.807, 2.05) is 13.8 Å². The number of alkyl halides is 1. The van der Waals surface area contributed by atoms with Crippen molar-refractivity contribution >= 4 is 27.3 Å². The Bertz CT molecular complexity index is 538. The van der Waals surface area contributed by atoms with Gasteiger partial charge in [0.25, 0.3) is 0 Å². The summed E-state index contributed by atoms with van der Waals surface area (Å²) in [6.45, 7) is 4.39. The highest BCUT2D eigenvalue weighted by Gasteiger charge is 2.17. The van der Waals surface area contributed by atoms with Gasteiger partial charge in [0.15, 0.2) is 9.84 Å². The van der Waals surface area contributed by atoms with E-state index in [1.165, 1.54) is 0 Å². The van der Waals surface area contributed by atoms with Crippen LogP contribution < -0.4 is 5.32 Å². The first-order valence-electron chi connectivity index (χ1n) is 6.43. The van der Waals surface area contributed by atoms with Gasteiger partial charge in [-0.3, -0.25) is 4.79 Å². The zero-order chi connectivity index (χ0) is 15.2. The first kappa shape index (κ1) is 17.0. The lowest BCUT2D eigenvalue weighted by Gasteiger charge is -2.08. The van der Waals surface area contributed by atoms with Crippen LogP contribution >= 0.6 is 11.6 Å². The van der Waals surface area contributed by atoms with Gasteiger partial charge in [0.05, 0.1) is 5.75 Å². The van der Waals surface area contributed by atoms with Crippen LogP contribution in [-0.4, -0.2) is 26.6 Å². The molecule has 0 heterocycles. The molecule has 1 amide bonds. The third-order valence-corrected chi connectivity index (χ3v) is 4.41. The minimum Gasteiger partial charge on any atom is -0.355 e. The van der Waals surface area contributed by atoms with Crippen molar-refractivity contribution in [2.75, 3.05) is 12.3 Å². The van der Waals surface area contributed by atoms with E-state index in [1.54, 1.807) is 24.3 Å². The van der Waals surface area contributed by atoms with Crippen LogP contribution in [0.25, 0.3) is 0 Å². The molecule has 0 radical (unpaired) electrons. The predicted octanol–water partition coefficient (Wildman–Crippen LogP) is 2.11. The molecule has 0 aliphatic carbocycles. The van der Waals surface area contributed by atoms with Crippen LogP contribution in [0, 0.1) is 5.92 Å².